The monoisotopic (exact) mass is 247 g/mol. The molecular weight excluding hydrogens is 234 g/mol. The van der Waals surface area contributed by atoms with Crippen molar-refractivity contribution in [2.75, 3.05) is 6.54 Å². The van der Waals surface area contributed by atoms with Crippen molar-refractivity contribution in [3.8, 4) is 11.3 Å². The number of halogens is 1. The van der Waals surface area contributed by atoms with E-state index in [9.17, 15) is 0 Å². The Hall–Kier alpha value is -1.45. The predicted octanol–water partition coefficient (Wildman–Crippen LogP) is 2.69. The number of nitrogens with two attached hydrogens (primary N) is 1. The molecule has 0 saturated heterocycles. The summed E-state index contributed by atoms with van der Waals surface area (Å²) in [6.07, 6.45) is 5.34. The van der Waals surface area contributed by atoms with E-state index in [1.54, 1.807) is 12.4 Å². The maximum atomic E-state index is 6.11. The molecule has 0 aliphatic carbocycles. The van der Waals surface area contributed by atoms with Crippen LogP contribution in [-0.2, 0) is 6.42 Å². The van der Waals surface area contributed by atoms with E-state index in [2.05, 4.69) is 9.97 Å². The van der Waals surface area contributed by atoms with Gasteiger partial charge in [0.15, 0.2) is 0 Å². The van der Waals surface area contributed by atoms with Gasteiger partial charge in [0, 0.05) is 23.7 Å². The Morgan fingerprint density at radius 3 is 2.82 bits per heavy atom. The standard InChI is InChI=1S/C13H14ClN3/c14-12-4-2-7-17-13(12)10-5-8-16-11(9-10)3-1-6-15/h2,4-5,7-9H,1,3,6,15H2. The van der Waals surface area contributed by atoms with Crippen molar-refractivity contribution >= 4 is 11.6 Å². The lowest BCUT2D eigenvalue weighted by atomic mass is 10.1. The molecule has 0 unspecified atom stereocenters. The Morgan fingerprint density at radius 1 is 1.18 bits per heavy atom. The second-order valence-electron chi connectivity index (χ2n) is 3.76. The molecule has 0 aromatic carbocycles. The Bertz CT molecular complexity index is 500. The van der Waals surface area contributed by atoms with Gasteiger partial charge in [-0.05, 0) is 43.7 Å². The minimum Gasteiger partial charge on any atom is -0.330 e. The van der Waals surface area contributed by atoms with E-state index in [1.165, 1.54) is 0 Å². The zero-order valence-electron chi connectivity index (χ0n) is 9.44. The van der Waals surface area contributed by atoms with Gasteiger partial charge in [0.2, 0.25) is 0 Å². The van der Waals surface area contributed by atoms with Crippen LogP contribution in [0.15, 0.2) is 36.7 Å². The summed E-state index contributed by atoms with van der Waals surface area (Å²) < 4.78 is 0. The summed E-state index contributed by atoms with van der Waals surface area (Å²) in [6.45, 7) is 0.677. The largest absolute Gasteiger partial charge is 0.330 e. The van der Waals surface area contributed by atoms with Crippen LogP contribution in [0.5, 0.6) is 0 Å². The lowest BCUT2D eigenvalue weighted by Crippen LogP contribution is -2.01. The summed E-state index contributed by atoms with van der Waals surface area (Å²) in [5.41, 5.74) is 8.31. The molecule has 2 rings (SSSR count). The maximum Gasteiger partial charge on any atom is 0.0889 e. The molecule has 0 aliphatic rings. The van der Waals surface area contributed by atoms with Crippen LogP contribution in [0.3, 0.4) is 0 Å². The molecule has 0 bridgehead atoms. The van der Waals surface area contributed by atoms with Crippen LogP contribution in [0, 0.1) is 0 Å². The minimum atomic E-state index is 0.656. The van der Waals surface area contributed by atoms with Gasteiger partial charge in [0.1, 0.15) is 0 Å². The smallest absolute Gasteiger partial charge is 0.0889 e. The lowest BCUT2D eigenvalue weighted by Gasteiger charge is -2.05. The number of rotatable bonds is 4. The Morgan fingerprint density at radius 2 is 2.06 bits per heavy atom. The number of aromatic nitrogens is 2. The van der Waals surface area contributed by atoms with Crippen molar-refractivity contribution in [1.82, 2.24) is 9.97 Å². The van der Waals surface area contributed by atoms with Gasteiger partial charge in [-0.3, -0.25) is 9.97 Å². The molecule has 0 aliphatic heterocycles. The molecule has 0 atom stereocenters. The first-order valence-corrected chi connectivity index (χ1v) is 5.95. The molecule has 2 aromatic rings. The van der Waals surface area contributed by atoms with Crippen LogP contribution in [0.4, 0.5) is 0 Å². The summed E-state index contributed by atoms with van der Waals surface area (Å²) in [7, 11) is 0. The molecule has 0 radical (unpaired) electrons. The first-order chi connectivity index (χ1) is 8.31. The normalized spacial score (nSPS) is 10.5. The summed E-state index contributed by atoms with van der Waals surface area (Å²) in [4.78, 5) is 8.59. The van der Waals surface area contributed by atoms with Crippen LogP contribution in [-0.4, -0.2) is 16.5 Å². The Kier molecular flexibility index (Phi) is 4.07. The fourth-order valence-electron chi connectivity index (χ4n) is 1.64. The van der Waals surface area contributed by atoms with E-state index in [0.29, 0.717) is 11.6 Å². The quantitative estimate of drug-likeness (QED) is 0.904. The van der Waals surface area contributed by atoms with E-state index in [1.807, 2.05) is 24.3 Å². The van der Waals surface area contributed by atoms with Crippen molar-refractivity contribution in [1.29, 1.82) is 0 Å². The highest BCUT2D eigenvalue weighted by Crippen LogP contribution is 2.25. The molecule has 2 N–H and O–H groups in total. The van der Waals surface area contributed by atoms with Crippen LogP contribution in [0.1, 0.15) is 12.1 Å². The molecule has 0 fully saturated rings. The minimum absolute atomic E-state index is 0.656. The second kappa shape index (κ2) is 5.75. The first kappa shape index (κ1) is 12.0. The molecular formula is C13H14ClN3. The van der Waals surface area contributed by atoms with Crippen molar-refractivity contribution in [2.45, 2.75) is 12.8 Å². The van der Waals surface area contributed by atoms with Crippen LogP contribution in [0.2, 0.25) is 5.02 Å². The molecule has 3 nitrogen and oxygen atoms in total. The average Bonchev–Trinajstić information content (AvgIpc) is 2.37. The van der Waals surface area contributed by atoms with Gasteiger partial charge in [-0.2, -0.15) is 0 Å². The third-order valence-electron chi connectivity index (χ3n) is 2.49. The SMILES string of the molecule is NCCCc1cc(-c2ncccc2Cl)ccn1. The average molecular weight is 248 g/mol. The summed E-state index contributed by atoms with van der Waals surface area (Å²) >= 11 is 6.11. The second-order valence-corrected chi connectivity index (χ2v) is 4.17. The molecule has 0 spiro atoms. The van der Waals surface area contributed by atoms with Crippen molar-refractivity contribution in [3.63, 3.8) is 0 Å². The molecule has 0 amide bonds. The first-order valence-electron chi connectivity index (χ1n) is 5.57. The molecule has 0 saturated carbocycles. The van der Waals surface area contributed by atoms with E-state index in [4.69, 9.17) is 17.3 Å². The molecule has 2 aromatic heterocycles. The topological polar surface area (TPSA) is 51.8 Å². The van der Waals surface area contributed by atoms with Gasteiger partial charge in [0.25, 0.3) is 0 Å². The number of nitrogens with zero attached hydrogens (tertiary/aromatic N) is 2. The highest BCUT2D eigenvalue weighted by Gasteiger charge is 2.05. The fraction of sp³-hybridized carbons (Fsp3) is 0.231. The van der Waals surface area contributed by atoms with Gasteiger partial charge in [-0.25, -0.2) is 0 Å². The number of aryl methyl sites for hydroxylation is 1. The van der Waals surface area contributed by atoms with Gasteiger partial charge in [-0.15, -0.1) is 0 Å². The fourth-order valence-corrected chi connectivity index (χ4v) is 1.87. The third kappa shape index (κ3) is 3.02. The maximum absolute atomic E-state index is 6.11. The van der Waals surface area contributed by atoms with E-state index in [-0.39, 0.29) is 0 Å². The van der Waals surface area contributed by atoms with Crippen LogP contribution in [0.25, 0.3) is 11.3 Å². The van der Waals surface area contributed by atoms with Gasteiger partial charge in [0.05, 0.1) is 10.7 Å². The molecule has 17 heavy (non-hydrogen) atoms. The van der Waals surface area contributed by atoms with Gasteiger partial charge < -0.3 is 5.73 Å². The molecule has 88 valence electrons. The number of hydrogen-bond acceptors (Lipinski definition) is 3. The zero-order valence-corrected chi connectivity index (χ0v) is 10.2. The van der Waals surface area contributed by atoms with Crippen molar-refractivity contribution in [2.24, 2.45) is 5.73 Å². The Balaban J connectivity index is 2.30. The third-order valence-corrected chi connectivity index (χ3v) is 2.79. The number of hydrogen-bond donors (Lipinski definition) is 1. The van der Waals surface area contributed by atoms with E-state index < -0.39 is 0 Å². The number of pyridine rings is 2. The van der Waals surface area contributed by atoms with Crippen molar-refractivity contribution in [3.05, 3.63) is 47.4 Å². The lowest BCUT2D eigenvalue weighted by molar-refractivity contribution is 0.811. The van der Waals surface area contributed by atoms with Crippen LogP contribution >= 0.6 is 11.6 Å². The summed E-state index contributed by atoms with van der Waals surface area (Å²) in [5.74, 6) is 0. The van der Waals surface area contributed by atoms with E-state index >= 15 is 0 Å². The highest BCUT2D eigenvalue weighted by atomic mass is 35.5. The zero-order chi connectivity index (χ0) is 12.1. The van der Waals surface area contributed by atoms with Gasteiger partial charge >= 0.3 is 0 Å². The summed E-state index contributed by atoms with van der Waals surface area (Å²) in [6, 6.07) is 7.59. The van der Waals surface area contributed by atoms with Crippen molar-refractivity contribution < 1.29 is 0 Å². The van der Waals surface area contributed by atoms with Gasteiger partial charge in [-0.1, -0.05) is 11.6 Å². The Labute approximate surface area is 106 Å². The van der Waals surface area contributed by atoms with E-state index in [0.717, 1.165) is 29.8 Å². The summed E-state index contributed by atoms with van der Waals surface area (Å²) in [5, 5.41) is 0.656. The van der Waals surface area contributed by atoms with Crippen LogP contribution < -0.4 is 5.73 Å². The molecule has 4 heteroatoms. The highest BCUT2D eigenvalue weighted by molar-refractivity contribution is 6.33. The molecule has 2 heterocycles. The predicted molar refractivity (Wildman–Crippen MR) is 69.9 cm³/mol.